The Kier molecular flexibility index (Phi) is 3.06. The third kappa shape index (κ3) is 1.65. The number of ether oxygens (including phenoxy) is 1. The number of epoxide rings is 1. The summed E-state index contributed by atoms with van der Waals surface area (Å²) in [6.07, 6.45) is 9.45. The first kappa shape index (κ1) is 15.8. The van der Waals surface area contributed by atoms with Gasteiger partial charge in [0.1, 0.15) is 0 Å². The van der Waals surface area contributed by atoms with Crippen molar-refractivity contribution in [1.29, 1.82) is 0 Å². The molecular formula is C21H32O3. The van der Waals surface area contributed by atoms with Crippen LogP contribution < -0.4 is 0 Å². The van der Waals surface area contributed by atoms with Gasteiger partial charge >= 0.3 is 0 Å². The third-order valence-electron chi connectivity index (χ3n) is 9.59. The van der Waals surface area contributed by atoms with Gasteiger partial charge in [0.25, 0.3) is 0 Å². The van der Waals surface area contributed by atoms with Crippen LogP contribution >= 0.6 is 0 Å². The quantitative estimate of drug-likeness (QED) is 0.745. The molecule has 0 bridgehead atoms. The molecule has 5 rings (SSSR count). The number of rotatable bonds is 1. The van der Waals surface area contributed by atoms with Crippen LogP contribution in [0.15, 0.2) is 0 Å². The molecule has 1 aliphatic heterocycles. The first-order valence-electron chi connectivity index (χ1n) is 10.2. The highest BCUT2D eigenvalue weighted by Crippen LogP contribution is 2.73. The SMILES string of the molecule is CC(=O)[C@@]12O[C@H]1C[C@H]1[C@@H]3CC[C@@H]4C[C@@H](O)CC[C@]4(C)[C@H]3CC[C@@]12C. The number of ketones is 1. The Bertz CT molecular complexity index is 588. The molecule has 9 atom stereocenters. The van der Waals surface area contributed by atoms with E-state index in [4.69, 9.17) is 4.74 Å². The average molecular weight is 332 g/mol. The Labute approximate surface area is 145 Å². The largest absolute Gasteiger partial charge is 0.393 e. The Morgan fingerprint density at radius 3 is 2.58 bits per heavy atom. The van der Waals surface area contributed by atoms with Crippen molar-refractivity contribution in [3.8, 4) is 0 Å². The van der Waals surface area contributed by atoms with E-state index in [0.29, 0.717) is 17.3 Å². The molecule has 5 aliphatic rings. The van der Waals surface area contributed by atoms with E-state index in [1.54, 1.807) is 6.92 Å². The predicted molar refractivity (Wildman–Crippen MR) is 91.4 cm³/mol. The number of carbonyl (C=O) groups is 1. The van der Waals surface area contributed by atoms with Crippen molar-refractivity contribution >= 4 is 5.78 Å². The van der Waals surface area contributed by atoms with Gasteiger partial charge in [-0.3, -0.25) is 4.79 Å². The highest BCUT2D eigenvalue weighted by atomic mass is 16.6. The predicted octanol–water partition coefficient (Wildman–Crippen LogP) is 3.73. The Morgan fingerprint density at radius 2 is 1.83 bits per heavy atom. The molecule has 4 saturated carbocycles. The van der Waals surface area contributed by atoms with Crippen LogP contribution in [0.25, 0.3) is 0 Å². The highest BCUT2D eigenvalue weighted by Gasteiger charge is 2.79. The summed E-state index contributed by atoms with van der Waals surface area (Å²) < 4.78 is 6.02. The summed E-state index contributed by atoms with van der Waals surface area (Å²) in [5.41, 5.74) is 0.0612. The maximum Gasteiger partial charge on any atom is 0.164 e. The van der Waals surface area contributed by atoms with Crippen molar-refractivity contribution in [3.63, 3.8) is 0 Å². The number of fused-ring (bicyclic) bond motifs is 7. The standard InChI is InChI=1S/C21H32O3/c1-12(22)21-18(24-21)11-17-15-5-4-13-10-14(23)6-8-19(13,2)16(15)7-9-20(17,21)3/h13-18,23H,4-11H2,1-3H3/t13-,14+,15-,16+,17+,18+,19+,20+,21-/m1/s1. The van der Waals surface area contributed by atoms with E-state index >= 15 is 0 Å². The van der Waals surface area contributed by atoms with E-state index in [2.05, 4.69) is 13.8 Å². The summed E-state index contributed by atoms with van der Waals surface area (Å²) in [5, 5.41) is 10.1. The molecule has 0 radical (unpaired) electrons. The lowest BCUT2D eigenvalue weighted by atomic mass is 9.44. The summed E-state index contributed by atoms with van der Waals surface area (Å²) in [5.74, 6) is 3.22. The van der Waals surface area contributed by atoms with Crippen LogP contribution in [0.1, 0.15) is 72.1 Å². The number of aliphatic hydroxyl groups is 1. The molecular weight excluding hydrogens is 300 g/mol. The minimum absolute atomic E-state index is 0.0676. The van der Waals surface area contributed by atoms with Gasteiger partial charge in [-0.15, -0.1) is 0 Å². The van der Waals surface area contributed by atoms with Crippen LogP contribution in [0.4, 0.5) is 0 Å². The van der Waals surface area contributed by atoms with Crippen molar-refractivity contribution in [3.05, 3.63) is 0 Å². The number of Topliss-reactive ketones (excluding diaryl/α,β-unsaturated/α-hetero) is 1. The fourth-order valence-corrected chi connectivity index (χ4v) is 8.30. The van der Waals surface area contributed by atoms with E-state index in [0.717, 1.165) is 37.5 Å². The second kappa shape index (κ2) is 4.65. The molecule has 4 aliphatic carbocycles. The summed E-state index contributed by atoms with van der Waals surface area (Å²) in [6.45, 7) is 6.64. The fraction of sp³-hybridized carbons (Fsp3) is 0.952. The molecule has 3 heteroatoms. The molecule has 0 unspecified atom stereocenters. The van der Waals surface area contributed by atoms with Crippen LogP contribution in [0.2, 0.25) is 0 Å². The Hall–Kier alpha value is -0.410. The van der Waals surface area contributed by atoms with Crippen LogP contribution in [-0.4, -0.2) is 28.7 Å². The molecule has 0 aromatic rings. The first-order valence-corrected chi connectivity index (χ1v) is 10.2. The second-order valence-electron chi connectivity index (χ2n) is 10.2. The van der Waals surface area contributed by atoms with E-state index in [9.17, 15) is 9.90 Å². The lowest BCUT2D eigenvalue weighted by molar-refractivity contribution is -0.151. The summed E-state index contributed by atoms with van der Waals surface area (Å²) in [7, 11) is 0. The fourth-order valence-electron chi connectivity index (χ4n) is 8.30. The minimum atomic E-state index is -0.427. The zero-order valence-corrected chi connectivity index (χ0v) is 15.4. The number of hydrogen-bond donors (Lipinski definition) is 1. The van der Waals surface area contributed by atoms with Crippen molar-refractivity contribution in [2.24, 2.45) is 34.5 Å². The minimum Gasteiger partial charge on any atom is -0.393 e. The van der Waals surface area contributed by atoms with Crippen LogP contribution in [0, 0.1) is 34.5 Å². The van der Waals surface area contributed by atoms with Gasteiger partial charge in [0.05, 0.1) is 12.2 Å². The van der Waals surface area contributed by atoms with Gasteiger partial charge in [0.15, 0.2) is 11.4 Å². The van der Waals surface area contributed by atoms with Gasteiger partial charge in [-0.2, -0.15) is 0 Å². The topological polar surface area (TPSA) is 49.8 Å². The monoisotopic (exact) mass is 332 g/mol. The molecule has 1 saturated heterocycles. The molecule has 0 amide bonds. The van der Waals surface area contributed by atoms with Gasteiger partial charge in [-0.1, -0.05) is 13.8 Å². The van der Waals surface area contributed by atoms with E-state index in [-0.39, 0.29) is 23.4 Å². The smallest absolute Gasteiger partial charge is 0.164 e. The number of hydrogen-bond acceptors (Lipinski definition) is 3. The summed E-state index contributed by atoms with van der Waals surface area (Å²) >= 11 is 0. The molecule has 5 fully saturated rings. The van der Waals surface area contributed by atoms with Crippen LogP contribution in [-0.2, 0) is 9.53 Å². The van der Waals surface area contributed by atoms with Crippen molar-refractivity contribution in [2.75, 3.05) is 0 Å². The Morgan fingerprint density at radius 1 is 1.04 bits per heavy atom. The second-order valence-corrected chi connectivity index (χ2v) is 10.2. The third-order valence-corrected chi connectivity index (χ3v) is 9.59. The van der Waals surface area contributed by atoms with Gasteiger partial charge in [0, 0.05) is 5.41 Å². The molecule has 0 spiro atoms. The van der Waals surface area contributed by atoms with E-state index in [1.165, 1.54) is 25.7 Å². The van der Waals surface area contributed by atoms with Gasteiger partial charge < -0.3 is 9.84 Å². The molecule has 1 heterocycles. The van der Waals surface area contributed by atoms with Crippen molar-refractivity contribution in [2.45, 2.75) is 89.9 Å². The normalized spacial score (nSPS) is 61.3. The lowest BCUT2D eigenvalue weighted by Gasteiger charge is -2.61. The van der Waals surface area contributed by atoms with Crippen molar-refractivity contribution in [1.82, 2.24) is 0 Å². The van der Waals surface area contributed by atoms with Gasteiger partial charge in [0.2, 0.25) is 0 Å². The average Bonchev–Trinajstić information content (AvgIpc) is 3.21. The zero-order chi connectivity index (χ0) is 16.9. The molecule has 24 heavy (non-hydrogen) atoms. The highest BCUT2D eigenvalue weighted by molar-refractivity contribution is 5.90. The molecule has 1 N–H and O–H groups in total. The molecule has 0 aromatic heterocycles. The van der Waals surface area contributed by atoms with E-state index in [1.807, 2.05) is 0 Å². The number of aliphatic hydroxyl groups excluding tert-OH is 1. The lowest BCUT2D eigenvalue weighted by Crippen LogP contribution is -2.56. The van der Waals surface area contributed by atoms with E-state index < -0.39 is 5.60 Å². The Balaban J connectivity index is 1.47. The summed E-state index contributed by atoms with van der Waals surface area (Å²) in [6, 6.07) is 0. The van der Waals surface area contributed by atoms with Crippen LogP contribution in [0.5, 0.6) is 0 Å². The van der Waals surface area contributed by atoms with Crippen LogP contribution in [0.3, 0.4) is 0 Å². The van der Waals surface area contributed by atoms with Gasteiger partial charge in [-0.25, -0.2) is 0 Å². The molecule has 3 nitrogen and oxygen atoms in total. The molecule has 0 aromatic carbocycles. The van der Waals surface area contributed by atoms with Crippen molar-refractivity contribution < 1.29 is 14.6 Å². The maximum atomic E-state index is 12.4. The zero-order valence-electron chi connectivity index (χ0n) is 15.4. The first-order chi connectivity index (χ1) is 11.3. The molecule has 134 valence electrons. The summed E-state index contributed by atoms with van der Waals surface area (Å²) in [4.78, 5) is 12.4. The maximum absolute atomic E-state index is 12.4. The van der Waals surface area contributed by atoms with Gasteiger partial charge in [-0.05, 0) is 87.4 Å². The number of carbonyl (C=O) groups excluding carboxylic acids is 1.